The highest BCUT2D eigenvalue weighted by Crippen LogP contribution is 2.38. The van der Waals surface area contributed by atoms with Crippen LogP contribution in [0.15, 0.2) is 60.7 Å². The van der Waals surface area contributed by atoms with Crippen molar-refractivity contribution in [3.63, 3.8) is 0 Å². The van der Waals surface area contributed by atoms with Crippen molar-refractivity contribution < 1.29 is 19.8 Å². The standard InChI is InChI=1S/C46H53Cl2N13O4/c1-26-53-43(51-18-16-49-39(62)14-8-27-20-31(45(2,3)4)41(64)37(22-27)60-56-33-12-10-29(47)24-35(33)58-60)55-44(54-26)52-19-17-50-40(63)15-9-28-21-32(46(5,6)7)42(65)38(23-28)61-57-34-13-11-30(48)25-36(34)59-61/h10-13,20-25,64-65H,8-9,14-19H2,1-7H3,(H,49,62)(H,50,63)(H2,51,52,53,54,55). The lowest BCUT2D eigenvalue weighted by Gasteiger charge is -2.23. The summed E-state index contributed by atoms with van der Waals surface area (Å²) < 4.78 is 0. The van der Waals surface area contributed by atoms with E-state index in [1.165, 1.54) is 9.59 Å². The predicted molar refractivity (Wildman–Crippen MR) is 253 cm³/mol. The van der Waals surface area contributed by atoms with Crippen LogP contribution in [0.5, 0.6) is 11.5 Å². The Labute approximate surface area is 386 Å². The minimum atomic E-state index is -0.384. The van der Waals surface area contributed by atoms with Crippen LogP contribution in [0.1, 0.15) is 82.5 Å². The van der Waals surface area contributed by atoms with Gasteiger partial charge in [0.15, 0.2) is 0 Å². The highest BCUT2D eigenvalue weighted by Gasteiger charge is 2.25. The second-order valence-corrected chi connectivity index (χ2v) is 18.7. The molecule has 0 bridgehead atoms. The molecule has 0 atom stereocenters. The van der Waals surface area contributed by atoms with Crippen molar-refractivity contribution in [3.05, 3.63) is 98.8 Å². The lowest BCUT2D eigenvalue weighted by atomic mass is 9.84. The fraction of sp³-hybridized carbons (Fsp3) is 0.370. The third-order valence-electron chi connectivity index (χ3n) is 10.5. The van der Waals surface area contributed by atoms with Gasteiger partial charge >= 0.3 is 0 Å². The Morgan fingerprint density at radius 1 is 0.569 bits per heavy atom. The Kier molecular flexibility index (Phi) is 13.7. The number of carbonyl (C=O) groups excluding carboxylic acids is 2. The Morgan fingerprint density at radius 2 is 0.969 bits per heavy atom. The highest BCUT2D eigenvalue weighted by atomic mass is 35.5. The topological polar surface area (TPSA) is 223 Å². The number of anilines is 2. The number of aromatic hydroxyl groups is 2. The van der Waals surface area contributed by atoms with E-state index in [2.05, 4.69) is 56.6 Å². The molecule has 6 N–H and O–H groups in total. The van der Waals surface area contributed by atoms with E-state index in [-0.39, 0.29) is 47.0 Å². The molecule has 3 aromatic heterocycles. The van der Waals surface area contributed by atoms with Crippen LogP contribution >= 0.6 is 23.2 Å². The summed E-state index contributed by atoms with van der Waals surface area (Å²) in [5.74, 6) is 1.07. The molecule has 0 radical (unpaired) electrons. The highest BCUT2D eigenvalue weighted by molar-refractivity contribution is 6.31. The Bertz CT molecular complexity index is 2690. The quantitative estimate of drug-likeness (QED) is 0.0525. The number of aryl methyl sites for hydroxylation is 3. The molecule has 7 aromatic rings. The van der Waals surface area contributed by atoms with Crippen LogP contribution < -0.4 is 21.3 Å². The van der Waals surface area contributed by atoms with Gasteiger partial charge in [0.25, 0.3) is 0 Å². The lowest BCUT2D eigenvalue weighted by Crippen LogP contribution is -2.30. The summed E-state index contributed by atoms with van der Waals surface area (Å²) >= 11 is 12.3. The van der Waals surface area contributed by atoms with Crippen molar-refractivity contribution in [1.29, 1.82) is 0 Å². The van der Waals surface area contributed by atoms with Crippen LogP contribution in [0, 0.1) is 6.92 Å². The van der Waals surface area contributed by atoms with Gasteiger partial charge in [-0.3, -0.25) is 9.59 Å². The first-order chi connectivity index (χ1) is 30.8. The number of rotatable bonds is 16. The summed E-state index contributed by atoms with van der Waals surface area (Å²) in [5, 5.41) is 54.0. The summed E-state index contributed by atoms with van der Waals surface area (Å²) in [6, 6.07) is 17.9. The molecule has 4 aromatic carbocycles. The molecule has 0 saturated heterocycles. The van der Waals surface area contributed by atoms with Crippen molar-refractivity contribution >= 4 is 69.0 Å². The van der Waals surface area contributed by atoms with Gasteiger partial charge in [0.1, 0.15) is 50.8 Å². The maximum atomic E-state index is 12.9. The van der Waals surface area contributed by atoms with E-state index in [0.717, 1.165) is 22.3 Å². The van der Waals surface area contributed by atoms with Crippen molar-refractivity contribution in [2.24, 2.45) is 0 Å². The molecule has 2 amide bonds. The molecule has 65 heavy (non-hydrogen) atoms. The molecular formula is C46H53Cl2N13O4. The number of phenols is 2. The van der Waals surface area contributed by atoms with Crippen LogP contribution in [0.4, 0.5) is 11.9 Å². The molecule has 0 aliphatic rings. The van der Waals surface area contributed by atoms with E-state index < -0.39 is 0 Å². The first-order valence-corrected chi connectivity index (χ1v) is 22.1. The van der Waals surface area contributed by atoms with Crippen LogP contribution in [0.25, 0.3) is 33.4 Å². The smallest absolute Gasteiger partial charge is 0.227 e. The van der Waals surface area contributed by atoms with Crippen molar-refractivity contribution in [1.82, 2.24) is 55.6 Å². The predicted octanol–water partition coefficient (Wildman–Crippen LogP) is 7.28. The van der Waals surface area contributed by atoms with Crippen molar-refractivity contribution in [3.8, 4) is 22.9 Å². The van der Waals surface area contributed by atoms with Crippen LogP contribution in [-0.2, 0) is 33.3 Å². The first kappa shape index (κ1) is 46.4. The van der Waals surface area contributed by atoms with Gasteiger partial charge in [0, 0.05) is 60.2 Å². The Morgan fingerprint density at radius 3 is 1.37 bits per heavy atom. The maximum absolute atomic E-state index is 12.9. The van der Waals surface area contributed by atoms with Crippen LogP contribution in [0.2, 0.25) is 10.0 Å². The molecule has 0 aliphatic heterocycles. The zero-order chi connectivity index (χ0) is 46.6. The van der Waals surface area contributed by atoms with Crippen LogP contribution in [0.3, 0.4) is 0 Å². The third-order valence-corrected chi connectivity index (χ3v) is 11.0. The SMILES string of the molecule is Cc1nc(NCCNC(=O)CCc2cc(-n3nc4ccc(Cl)cc4n3)c(O)c(C(C)(C)C)c2)nc(NCCNC(=O)CCc2cc(-n3nc4ccc(Cl)cc4n3)c(O)c(C(C)(C)C)c2)n1. The average molecular weight is 923 g/mol. The first-order valence-electron chi connectivity index (χ1n) is 21.3. The van der Waals surface area contributed by atoms with E-state index in [9.17, 15) is 19.8 Å². The summed E-state index contributed by atoms with van der Waals surface area (Å²) in [4.78, 5) is 41.8. The summed E-state index contributed by atoms with van der Waals surface area (Å²) in [7, 11) is 0. The fourth-order valence-corrected chi connectivity index (χ4v) is 7.50. The van der Waals surface area contributed by atoms with E-state index in [1.54, 1.807) is 55.5 Å². The molecule has 19 heteroatoms. The van der Waals surface area contributed by atoms with E-state index >= 15 is 0 Å². The summed E-state index contributed by atoms with van der Waals surface area (Å²) in [6.07, 6.45) is 1.31. The summed E-state index contributed by atoms with van der Waals surface area (Å²) in [6.45, 7) is 15.2. The zero-order valence-electron chi connectivity index (χ0n) is 37.4. The van der Waals surface area contributed by atoms with E-state index in [4.69, 9.17) is 23.2 Å². The van der Waals surface area contributed by atoms with Gasteiger partial charge in [-0.25, -0.2) is 0 Å². The van der Waals surface area contributed by atoms with Gasteiger partial charge in [-0.1, -0.05) is 76.9 Å². The minimum absolute atomic E-state index is 0.0799. The largest absolute Gasteiger partial charge is 0.505 e. The maximum Gasteiger partial charge on any atom is 0.227 e. The van der Waals surface area contributed by atoms with Gasteiger partial charge < -0.3 is 31.5 Å². The number of aromatic nitrogens is 9. The van der Waals surface area contributed by atoms with Crippen molar-refractivity contribution in [2.45, 2.75) is 85.0 Å². The third kappa shape index (κ3) is 11.6. The normalized spacial score (nSPS) is 11.9. The molecule has 17 nitrogen and oxygen atoms in total. The fourth-order valence-electron chi connectivity index (χ4n) is 7.17. The molecule has 0 spiro atoms. The minimum Gasteiger partial charge on any atom is -0.505 e. The number of hydrogen-bond acceptors (Lipinski definition) is 13. The number of amides is 2. The lowest BCUT2D eigenvalue weighted by molar-refractivity contribution is -0.121. The Balaban J connectivity index is 0.866. The molecular weight excluding hydrogens is 869 g/mol. The second kappa shape index (κ2) is 19.3. The molecule has 0 fully saturated rings. The monoisotopic (exact) mass is 921 g/mol. The van der Waals surface area contributed by atoms with Gasteiger partial charge in [0.05, 0.1) is 0 Å². The average Bonchev–Trinajstić information content (AvgIpc) is 3.86. The molecule has 7 rings (SSSR count). The number of carbonyl (C=O) groups is 2. The number of hydrogen-bond donors (Lipinski definition) is 6. The second-order valence-electron chi connectivity index (χ2n) is 17.9. The molecule has 0 aliphatic carbocycles. The molecule has 0 unspecified atom stereocenters. The van der Waals surface area contributed by atoms with Gasteiger partial charge in [-0.15, -0.1) is 30.0 Å². The molecule has 340 valence electrons. The van der Waals surface area contributed by atoms with Gasteiger partial charge in [0.2, 0.25) is 23.7 Å². The number of nitrogens with zero attached hydrogens (tertiary/aromatic N) is 9. The number of phenolic OH excluding ortho intramolecular Hbond substituents is 2. The van der Waals surface area contributed by atoms with E-state index in [1.807, 2.05) is 53.7 Å². The molecule has 3 heterocycles. The molecule has 0 saturated carbocycles. The van der Waals surface area contributed by atoms with Crippen LogP contribution in [-0.4, -0.2) is 93.1 Å². The van der Waals surface area contributed by atoms with Gasteiger partial charge in [-0.2, -0.15) is 15.0 Å². The van der Waals surface area contributed by atoms with E-state index in [0.29, 0.717) is 100 Å². The zero-order valence-corrected chi connectivity index (χ0v) is 38.9. The summed E-state index contributed by atoms with van der Waals surface area (Å²) in [5.41, 5.74) is 5.73. The number of nitrogens with one attached hydrogen (secondary N) is 4. The number of benzene rings is 4. The van der Waals surface area contributed by atoms with Crippen molar-refractivity contribution in [2.75, 3.05) is 36.8 Å². The Hall–Kier alpha value is -6.59. The number of fused-ring (bicyclic) bond motifs is 2. The number of halogens is 2. The van der Waals surface area contributed by atoms with Gasteiger partial charge in [-0.05, 0) is 90.3 Å².